The maximum Gasteiger partial charge on any atom is 0.302 e. The summed E-state index contributed by atoms with van der Waals surface area (Å²) in [7, 11) is -7.65. The van der Waals surface area contributed by atoms with Gasteiger partial charge in [0, 0.05) is 0 Å². The molecule has 1 unspecified atom stereocenters. The molecule has 1 atom stereocenters. The van der Waals surface area contributed by atoms with Crippen LogP contribution < -0.4 is 0 Å². The molecule has 1 fully saturated rings. The summed E-state index contributed by atoms with van der Waals surface area (Å²) in [5.74, 6) is -0.791. The predicted molar refractivity (Wildman–Crippen MR) is 55.5 cm³/mol. The number of halogens is 1. The highest BCUT2D eigenvalue weighted by Gasteiger charge is 2.47. The van der Waals surface area contributed by atoms with Crippen LogP contribution in [0.4, 0.5) is 3.89 Å². The Hall–Kier alpha value is -0.170. The van der Waals surface area contributed by atoms with Gasteiger partial charge in [0.2, 0.25) is 0 Å². The molecule has 1 heterocycles. The Bertz CT molecular complexity index is 435. The van der Waals surface area contributed by atoms with Gasteiger partial charge in [-0.2, -0.15) is 8.42 Å². The molecule has 4 nitrogen and oxygen atoms in total. The van der Waals surface area contributed by atoms with E-state index < -0.39 is 30.6 Å². The lowest BCUT2D eigenvalue weighted by Crippen LogP contribution is -2.34. The molecular weight excluding hydrogens is 243 g/mol. The van der Waals surface area contributed by atoms with E-state index in [0.717, 1.165) is 0 Å². The Morgan fingerprint density at radius 1 is 1.40 bits per heavy atom. The second-order valence-corrected chi connectivity index (χ2v) is 8.62. The molecule has 0 N–H and O–H groups in total. The quantitative estimate of drug-likeness (QED) is 0.705. The molecule has 0 aromatic heterocycles. The molecule has 1 saturated heterocycles. The summed E-state index contributed by atoms with van der Waals surface area (Å²) < 4.78 is 55.2. The Morgan fingerprint density at radius 3 is 2.27 bits per heavy atom. The fourth-order valence-electron chi connectivity index (χ4n) is 1.94. The van der Waals surface area contributed by atoms with Crippen molar-refractivity contribution in [2.75, 3.05) is 11.5 Å². The van der Waals surface area contributed by atoms with Crippen molar-refractivity contribution in [3.05, 3.63) is 0 Å². The molecule has 90 valence electrons. The van der Waals surface area contributed by atoms with Crippen LogP contribution >= 0.6 is 0 Å². The van der Waals surface area contributed by atoms with Crippen LogP contribution in [0.1, 0.15) is 26.7 Å². The zero-order chi connectivity index (χ0) is 11.9. The van der Waals surface area contributed by atoms with Gasteiger partial charge >= 0.3 is 10.2 Å². The normalized spacial score (nSPS) is 29.1. The number of hydrogen-bond donors (Lipinski definition) is 0. The Labute approximate surface area is 90.0 Å². The molecule has 1 rings (SSSR count). The number of rotatable bonds is 3. The van der Waals surface area contributed by atoms with Crippen molar-refractivity contribution in [2.24, 2.45) is 5.92 Å². The van der Waals surface area contributed by atoms with Crippen LogP contribution in [-0.2, 0) is 20.1 Å². The molecule has 0 aliphatic carbocycles. The summed E-state index contributed by atoms with van der Waals surface area (Å²) in [6, 6.07) is 0. The predicted octanol–water partition coefficient (Wildman–Crippen LogP) is 0.889. The van der Waals surface area contributed by atoms with Crippen molar-refractivity contribution >= 4 is 20.1 Å². The van der Waals surface area contributed by atoms with Gasteiger partial charge in [-0.15, -0.1) is 3.89 Å². The smallest absolute Gasteiger partial charge is 0.228 e. The van der Waals surface area contributed by atoms with Crippen molar-refractivity contribution in [3.63, 3.8) is 0 Å². The Morgan fingerprint density at radius 2 is 1.93 bits per heavy atom. The first-order valence-corrected chi connectivity index (χ1v) is 7.91. The van der Waals surface area contributed by atoms with E-state index >= 15 is 0 Å². The van der Waals surface area contributed by atoms with Gasteiger partial charge in [0.1, 0.15) is 0 Å². The highest BCUT2D eigenvalue weighted by atomic mass is 32.3. The third-order valence-electron chi connectivity index (χ3n) is 3.23. The van der Waals surface area contributed by atoms with Crippen LogP contribution in [0.5, 0.6) is 0 Å². The zero-order valence-corrected chi connectivity index (χ0v) is 10.4. The number of hydrogen-bond acceptors (Lipinski definition) is 4. The molecule has 0 amide bonds. The summed E-state index contributed by atoms with van der Waals surface area (Å²) in [6.45, 7) is 3.15. The fraction of sp³-hybridized carbons (Fsp3) is 1.00. The molecule has 7 heteroatoms. The molecule has 0 aromatic rings. The maximum atomic E-state index is 12.3. The zero-order valence-electron chi connectivity index (χ0n) is 8.73. The lowest BCUT2D eigenvalue weighted by molar-refractivity contribution is 0.406. The van der Waals surface area contributed by atoms with Crippen LogP contribution in [-0.4, -0.2) is 33.1 Å². The van der Waals surface area contributed by atoms with Gasteiger partial charge in [0.15, 0.2) is 9.84 Å². The third kappa shape index (κ3) is 2.69. The van der Waals surface area contributed by atoms with Crippen molar-refractivity contribution < 1.29 is 20.7 Å². The van der Waals surface area contributed by atoms with Gasteiger partial charge < -0.3 is 0 Å². The van der Waals surface area contributed by atoms with Gasteiger partial charge in [-0.1, -0.05) is 0 Å². The first kappa shape index (κ1) is 12.9. The minimum atomic E-state index is -4.49. The van der Waals surface area contributed by atoms with E-state index in [1.807, 2.05) is 0 Å². The summed E-state index contributed by atoms with van der Waals surface area (Å²) in [5, 5.41) is 0. The van der Waals surface area contributed by atoms with E-state index in [2.05, 4.69) is 0 Å². The molecule has 0 aromatic carbocycles. The van der Waals surface area contributed by atoms with Gasteiger partial charge in [-0.25, -0.2) is 8.42 Å². The summed E-state index contributed by atoms with van der Waals surface area (Å²) in [4.78, 5) is 0. The van der Waals surface area contributed by atoms with E-state index in [1.165, 1.54) is 0 Å². The SMILES string of the molecule is CC1(C)C(CCS(=O)(=O)F)CCS1(=O)=O. The maximum absolute atomic E-state index is 12.3. The highest BCUT2D eigenvalue weighted by Crippen LogP contribution is 2.39. The van der Waals surface area contributed by atoms with Crippen LogP contribution in [0, 0.1) is 5.92 Å². The van der Waals surface area contributed by atoms with Crippen molar-refractivity contribution in [1.82, 2.24) is 0 Å². The number of sulfone groups is 1. The topological polar surface area (TPSA) is 68.3 Å². The average Bonchev–Trinajstić information content (AvgIpc) is 2.19. The molecule has 0 radical (unpaired) electrons. The van der Waals surface area contributed by atoms with E-state index in [-0.39, 0.29) is 18.1 Å². The van der Waals surface area contributed by atoms with Gasteiger partial charge in [0.05, 0.1) is 16.3 Å². The second-order valence-electron chi connectivity index (χ2n) is 4.44. The monoisotopic (exact) mass is 258 g/mol. The third-order valence-corrected chi connectivity index (χ3v) is 6.66. The van der Waals surface area contributed by atoms with Crippen molar-refractivity contribution in [3.8, 4) is 0 Å². The van der Waals surface area contributed by atoms with E-state index in [1.54, 1.807) is 13.8 Å². The van der Waals surface area contributed by atoms with Crippen molar-refractivity contribution in [1.29, 1.82) is 0 Å². The molecule has 0 bridgehead atoms. The molecular formula is C8H15FO4S2. The first-order chi connectivity index (χ1) is 6.56. The summed E-state index contributed by atoms with van der Waals surface area (Å²) in [6.07, 6.45) is 0.496. The molecule has 0 saturated carbocycles. The van der Waals surface area contributed by atoms with Gasteiger partial charge in [0.25, 0.3) is 0 Å². The van der Waals surface area contributed by atoms with Crippen LogP contribution in [0.3, 0.4) is 0 Å². The summed E-state index contributed by atoms with van der Waals surface area (Å²) in [5.41, 5.74) is 0. The van der Waals surface area contributed by atoms with Crippen LogP contribution in [0.25, 0.3) is 0 Å². The van der Waals surface area contributed by atoms with Gasteiger partial charge in [-0.3, -0.25) is 0 Å². The highest BCUT2D eigenvalue weighted by molar-refractivity contribution is 7.93. The van der Waals surface area contributed by atoms with Crippen LogP contribution in [0.15, 0.2) is 0 Å². The Kier molecular flexibility index (Phi) is 3.17. The lowest BCUT2D eigenvalue weighted by Gasteiger charge is -2.24. The second kappa shape index (κ2) is 3.69. The minimum absolute atomic E-state index is 0.0665. The lowest BCUT2D eigenvalue weighted by atomic mass is 9.90. The Balaban J connectivity index is 2.76. The van der Waals surface area contributed by atoms with E-state index in [4.69, 9.17) is 0 Å². The molecule has 1 aliphatic rings. The van der Waals surface area contributed by atoms with Gasteiger partial charge in [-0.05, 0) is 32.6 Å². The molecule has 15 heavy (non-hydrogen) atoms. The minimum Gasteiger partial charge on any atom is -0.228 e. The van der Waals surface area contributed by atoms with E-state index in [0.29, 0.717) is 6.42 Å². The molecule has 1 aliphatic heterocycles. The average molecular weight is 258 g/mol. The largest absolute Gasteiger partial charge is 0.302 e. The molecule has 0 spiro atoms. The van der Waals surface area contributed by atoms with Crippen LogP contribution in [0.2, 0.25) is 0 Å². The fourth-order valence-corrected chi connectivity index (χ4v) is 4.37. The standard InChI is InChI=1S/C8H15FO4S2/c1-8(2)7(3-5-14(8,10)11)4-6-15(9,12)13/h7H,3-6H2,1-2H3. The van der Waals surface area contributed by atoms with Crippen molar-refractivity contribution in [2.45, 2.75) is 31.4 Å². The summed E-state index contributed by atoms with van der Waals surface area (Å²) >= 11 is 0. The first-order valence-electron chi connectivity index (χ1n) is 4.71. The van der Waals surface area contributed by atoms with E-state index in [9.17, 15) is 20.7 Å².